The van der Waals surface area contributed by atoms with Crippen molar-refractivity contribution in [3.63, 3.8) is 0 Å². The third-order valence-corrected chi connectivity index (χ3v) is 8.86. The van der Waals surface area contributed by atoms with Gasteiger partial charge in [0.05, 0.1) is 11.8 Å². The highest BCUT2D eigenvalue weighted by Gasteiger charge is 2.38. The molecule has 4 rings (SSSR count). The molecular weight excluding hydrogens is 681 g/mol. The fourth-order valence-electron chi connectivity index (χ4n) is 5.88. The molecule has 1 aliphatic heterocycles. The Morgan fingerprint density at radius 1 is 0.846 bits per heavy atom. The largest absolute Gasteiger partial charge is 0.490 e. The average Bonchev–Trinajstić information content (AvgIpc) is 3.50. The predicted octanol–water partition coefficient (Wildman–Crippen LogP) is 3.60. The van der Waals surface area contributed by atoms with Crippen LogP contribution >= 0.6 is 0 Å². The van der Waals surface area contributed by atoms with E-state index in [0.717, 1.165) is 34.9 Å². The average molecular weight is 731 g/mol. The van der Waals surface area contributed by atoms with Gasteiger partial charge in [0.25, 0.3) is 0 Å². The van der Waals surface area contributed by atoms with Crippen LogP contribution in [0.1, 0.15) is 57.1 Å². The minimum absolute atomic E-state index is 0.00725. The monoisotopic (exact) mass is 730 g/mol. The standard InChI is InChI=1S/C35H48N6O4.C2HF3O2/c1-23(2)31-19-32(42)38-21-26(16-24-10-4-3-5-11-24)34(44)39-22-27(17-25-20-37-30-14-7-6-13-29(25)30)35(45)40-28(12-8-9-15-36)18-33(43)41-31;3-2(4,5)1(6)7/h3-7,10-11,13-14,20,23,26-28,31,37H,8-9,12,15-19,21-22,36H2,1-2H3,(H,38,42)(H,39,44)(H,40,45)(H,41,43);(H,6,7)/t26-,27-,28-,31+;/m0./s1. The Morgan fingerprint density at radius 3 is 2.13 bits per heavy atom. The number of H-pyrrole nitrogens is 1. The van der Waals surface area contributed by atoms with Crippen molar-refractivity contribution in [2.75, 3.05) is 19.6 Å². The molecule has 1 fully saturated rings. The Bertz CT molecular complexity index is 1630. The molecule has 12 nitrogen and oxygen atoms in total. The number of rotatable bonds is 9. The molecule has 4 atom stereocenters. The molecular formula is C37H49F3N6O6. The van der Waals surface area contributed by atoms with E-state index < -0.39 is 30.0 Å². The van der Waals surface area contributed by atoms with Gasteiger partial charge in [-0.15, -0.1) is 0 Å². The van der Waals surface area contributed by atoms with Crippen LogP contribution in [0.4, 0.5) is 13.2 Å². The van der Waals surface area contributed by atoms with E-state index in [-0.39, 0.29) is 61.5 Å². The second kappa shape index (κ2) is 20.2. The number of nitrogens with two attached hydrogens (primary N) is 1. The fourth-order valence-corrected chi connectivity index (χ4v) is 5.88. The molecule has 1 aromatic heterocycles. The number of carbonyl (C=O) groups excluding carboxylic acids is 4. The van der Waals surface area contributed by atoms with Crippen LogP contribution in [0.15, 0.2) is 60.8 Å². The van der Waals surface area contributed by atoms with Crippen LogP contribution in [0, 0.1) is 17.8 Å². The Kier molecular flexibility index (Phi) is 16.1. The minimum Gasteiger partial charge on any atom is -0.475 e. The van der Waals surface area contributed by atoms with Crippen molar-refractivity contribution in [1.29, 1.82) is 0 Å². The van der Waals surface area contributed by atoms with Crippen LogP contribution in [0.2, 0.25) is 0 Å². The van der Waals surface area contributed by atoms with E-state index in [1.807, 2.05) is 74.6 Å². The summed E-state index contributed by atoms with van der Waals surface area (Å²) < 4.78 is 31.7. The van der Waals surface area contributed by atoms with Gasteiger partial charge in [-0.1, -0.05) is 68.8 Å². The van der Waals surface area contributed by atoms with Crippen molar-refractivity contribution in [1.82, 2.24) is 26.3 Å². The van der Waals surface area contributed by atoms with Crippen LogP contribution in [0.5, 0.6) is 0 Å². The third kappa shape index (κ3) is 13.7. The molecule has 0 spiro atoms. The number of carbonyl (C=O) groups is 5. The van der Waals surface area contributed by atoms with Crippen LogP contribution in [0.3, 0.4) is 0 Å². The number of carboxylic acid groups (broad SMARTS) is 1. The summed E-state index contributed by atoms with van der Waals surface area (Å²) in [6.45, 7) is 4.69. The number of halogens is 3. The summed E-state index contributed by atoms with van der Waals surface area (Å²) in [5.74, 6) is -4.76. The van der Waals surface area contributed by atoms with Gasteiger partial charge in [-0.2, -0.15) is 13.2 Å². The van der Waals surface area contributed by atoms with Crippen molar-refractivity contribution in [2.24, 2.45) is 23.5 Å². The Hall–Kier alpha value is -4.92. The quantitative estimate of drug-likeness (QED) is 0.163. The van der Waals surface area contributed by atoms with Crippen molar-refractivity contribution in [2.45, 2.75) is 77.1 Å². The molecule has 2 aromatic carbocycles. The summed E-state index contributed by atoms with van der Waals surface area (Å²) in [7, 11) is 0. The van der Waals surface area contributed by atoms with Gasteiger partial charge in [0.2, 0.25) is 23.6 Å². The Balaban J connectivity index is 0.000000944. The number of aromatic amines is 1. The maximum Gasteiger partial charge on any atom is 0.490 e. The number of para-hydroxylation sites is 1. The van der Waals surface area contributed by atoms with Crippen LogP contribution in [-0.2, 0) is 36.8 Å². The Morgan fingerprint density at radius 2 is 1.48 bits per heavy atom. The zero-order valence-corrected chi connectivity index (χ0v) is 29.4. The van der Waals surface area contributed by atoms with Crippen molar-refractivity contribution < 1.29 is 42.3 Å². The van der Waals surface area contributed by atoms with Gasteiger partial charge < -0.3 is 37.1 Å². The zero-order valence-electron chi connectivity index (χ0n) is 29.4. The number of hydrogen-bond donors (Lipinski definition) is 7. The molecule has 1 aliphatic rings. The topological polar surface area (TPSA) is 196 Å². The SMILES string of the molecule is CC(C)[C@H]1CC(=O)NC[C@H](Cc2ccccc2)C(=O)NC[C@H](Cc2c[nH]c3ccccc23)C(=O)N[C@@H](CCCCN)CC(=O)N1.O=C(O)C(F)(F)F. The van der Waals surface area contributed by atoms with E-state index in [1.165, 1.54) is 0 Å². The van der Waals surface area contributed by atoms with Crippen molar-refractivity contribution >= 4 is 40.5 Å². The number of nitrogens with one attached hydrogen (secondary N) is 5. The summed E-state index contributed by atoms with van der Waals surface area (Å²) in [5, 5.41) is 20.3. The zero-order chi connectivity index (χ0) is 38.3. The Labute approximate surface area is 300 Å². The van der Waals surface area contributed by atoms with Crippen LogP contribution < -0.4 is 27.0 Å². The van der Waals surface area contributed by atoms with Crippen LogP contribution in [0.25, 0.3) is 10.9 Å². The highest BCUT2D eigenvalue weighted by molar-refractivity contribution is 5.87. The predicted molar refractivity (Wildman–Crippen MR) is 190 cm³/mol. The van der Waals surface area contributed by atoms with Gasteiger partial charge in [-0.25, -0.2) is 4.79 Å². The van der Waals surface area contributed by atoms with Gasteiger partial charge in [-0.05, 0) is 55.3 Å². The lowest BCUT2D eigenvalue weighted by Gasteiger charge is -2.27. The van der Waals surface area contributed by atoms with Crippen LogP contribution in [-0.4, -0.2) is 77.6 Å². The molecule has 0 aliphatic carbocycles. The maximum absolute atomic E-state index is 13.9. The number of fused-ring (bicyclic) bond motifs is 1. The van der Waals surface area contributed by atoms with E-state index in [0.29, 0.717) is 25.8 Å². The summed E-state index contributed by atoms with van der Waals surface area (Å²) in [5.41, 5.74) is 8.65. The van der Waals surface area contributed by atoms with Gasteiger partial charge in [0, 0.05) is 55.1 Å². The molecule has 0 unspecified atom stereocenters. The van der Waals surface area contributed by atoms with Gasteiger partial charge >= 0.3 is 12.1 Å². The van der Waals surface area contributed by atoms with E-state index in [2.05, 4.69) is 26.3 Å². The molecule has 3 aromatic rings. The van der Waals surface area contributed by atoms with Gasteiger partial charge in [0.1, 0.15) is 0 Å². The first-order chi connectivity index (χ1) is 24.7. The van der Waals surface area contributed by atoms with Gasteiger partial charge in [0.15, 0.2) is 0 Å². The van der Waals surface area contributed by atoms with E-state index >= 15 is 0 Å². The number of amides is 4. The van der Waals surface area contributed by atoms with E-state index in [1.54, 1.807) is 0 Å². The smallest absolute Gasteiger partial charge is 0.475 e. The molecule has 4 amide bonds. The number of hydrogen-bond acceptors (Lipinski definition) is 6. The number of alkyl halides is 3. The maximum atomic E-state index is 13.9. The first kappa shape index (κ1) is 41.5. The van der Waals surface area contributed by atoms with E-state index in [9.17, 15) is 32.3 Å². The molecule has 2 heterocycles. The van der Waals surface area contributed by atoms with Gasteiger partial charge in [-0.3, -0.25) is 19.2 Å². The molecule has 52 heavy (non-hydrogen) atoms. The number of carboxylic acids is 1. The first-order valence-corrected chi connectivity index (χ1v) is 17.4. The summed E-state index contributed by atoms with van der Waals surface area (Å²) in [6.07, 6.45) is -0.0327. The molecule has 0 radical (unpaired) electrons. The highest BCUT2D eigenvalue weighted by atomic mass is 19.4. The number of aromatic nitrogens is 1. The van der Waals surface area contributed by atoms with Crippen molar-refractivity contribution in [3.8, 4) is 0 Å². The third-order valence-electron chi connectivity index (χ3n) is 8.86. The fraction of sp³-hybridized carbons (Fsp3) is 0.486. The molecule has 1 saturated heterocycles. The lowest BCUT2D eigenvalue weighted by molar-refractivity contribution is -0.192. The number of unbranched alkanes of at least 4 members (excludes halogenated alkanes) is 1. The molecule has 0 saturated carbocycles. The normalized spacial score (nSPS) is 21.0. The summed E-state index contributed by atoms with van der Waals surface area (Å²) in [4.78, 5) is 66.1. The lowest BCUT2D eigenvalue weighted by atomic mass is 9.94. The molecule has 0 bridgehead atoms. The minimum atomic E-state index is -5.08. The first-order valence-electron chi connectivity index (χ1n) is 17.4. The molecule has 8 N–H and O–H groups in total. The summed E-state index contributed by atoms with van der Waals surface area (Å²) >= 11 is 0. The molecule has 15 heteroatoms. The summed E-state index contributed by atoms with van der Waals surface area (Å²) in [6, 6.07) is 16.8. The molecule has 284 valence electrons. The second-order valence-corrected chi connectivity index (χ2v) is 13.3. The second-order valence-electron chi connectivity index (χ2n) is 13.3. The number of benzene rings is 2. The lowest BCUT2D eigenvalue weighted by Crippen LogP contribution is -2.49. The van der Waals surface area contributed by atoms with Crippen molar-refractivity contribution in [3.05, 3.63) is 71.9 Å². The highest BCUT2D eigenvalue weighted by Crippen LogP contribution is 2.22. The number of aliphatic carboxylic acids is 1. The van der Waals surface area contributed by atoms with E-state index in [4.69, 9.17) is 15.6 Å².